The van der Waals surface area contributed by atoms with Crippen LogP contribution in [0.5, 0.6) is 5.75 Å². The van der Waals surface area contributed by atoms with Gasteiger partial charge in [0.1, 0.15) is 18.4 Å². The highest BCUT2D eigenvalue weighted by atomic mass is 16.5. The van der Waals surface area contributed by atoms with Crippen LogP contribution in [0.4, 0.5) is 0 Å². The summed E-state index contributed by atoms with van der Waals surface area (Å²) >= 11 is 0. The van der Waals surface area contributed by atoms with E-state index in [0.29, 0.717) is 11.3 Å². The van der Waals surface area contributed by atoms with Gasteiger partial charge in [0.15, 0.2) is 0 Å². The summed E-state index contributed by atoms with van der Waals surface area (Å²) in [7, 11) is 0. The van der Waals surface area contributed by atoms with Crippen LogP contribution >= 0.6 is 0 Å². The van der Waals surface area contributed by atoms with E-state index in [9.17, 15) is 0 Å². The van der Waals surface area contributed by atoms with Crippen LogP contribution in [0.3, 0.4) is 0 Å². The molecule has 1 aromatic carbocycles. The molecule has 0 aliphatic rings. The maximum Gasteiger partial charge on any atom is 0.119 e. The topological polar surface area (TPSA) is 77.1 Å². The van der Waals surface area contributed by atoms with Gasteiger partial charge in [0.05, 0.1) is 12.2 Å². The third-order valence-corrected chi connectivity index (χ3v) is 1.85. The van der Waals surface area contributed by atoms with E-state index < -0.39 is 0 Å². The third kappa shape index (κ3) is 3.56. The molecule has 4 nitrogen and oxygen atoms in total. The lowest BCUT2D eigenvalue weighted by Crippen LogP contribution is -2.01. The number of benzene rings is 1. The normalized spacial score (nSPS) is 10.6. The molecule has 0 fully saturated rings. The fourth-order valence-corrected chi connectivity index (χ4v) is 1.11. The minimum absolute atomic E-state index is 0.0198. The first-order valence-corrected chi connectivity index (χ1v) is 4.76. The van der Waals surface area contributed by atoms with Gasteiger partial charge >= 0.3 is 0 Å². The van der Waals surface area contributed by atoms with Crippen LogP contribution in [0, 0.1) is 16.7 Å². The Morgan fingerprint density at radius 3 is 2.62 bits per heavy atom. The first-order chi connectivity index (χ1) is 7.80. The van der Waals surface area contributed by atoms with Crippen LogP contribution < -0.4 is 4.74 Å². The Balaban J connectivity index is 2.75. The molecule has 0 aromatic heterocycles. The number of rotatable bonds is 5. The molecular formula is C12H12N2O2. The minimum Gasteiger partial charge on any atom is -0.491 e. The van der Waals surface area contributed by atoms with Crippen molar-refractivity contribution < 1.29 is 9.84 Å². The highest BCUT2D eigenvalue weighted by Gasteiger charge is 1.95. The predicted octanol–water partition coefficient (Wildman–Crippen LogP) is 1.61. The number of nitriles is 1. The molecule has 0 bridgehead atoms. The minimum atomic E-state index is -0.0198. The number of nitrogens with one attached hydrogen (secondary N) is 1. The van der Waals surface area contributed by atoms with Crippen LogP contribution in [0.25, 0.3) is 6.08 Å². The smallest absolute Gasteiger partial charge is 0.119 e. The maximum atomic E-state index is 8.64. The Bertz CT molecular complexity index is 416. The zero-order chi connectivity index (χ0) is 11.8. The highest BCUT2D eigenvalue weighted by molar-refractivity contribution is 5.88. The summed E-state index contributed by atoms with van der Waals surface area (Å²) < 4.78 is 5.19. The molecule has 0 unspecified atom stereocenters. The molecule has 0 aliphatic heterocycles. The Morgan fingerprint density at radius 1 is 1.44 bits per heavy atom. The van der Waals surface area contributed by atoms with Crippen molar-refractivity contribution in [1.82, 2.24) is 0 Å². The SMILES string of the molecule is N#C/C(C=N)=C\c1ccc(OCCO)cc1. The van der Waals surface area contributed by atoms with Crippen molar-refractivity contribution in [1.29, 1.82) is 10.7 Å². The van der Waals surface area contributed by atoms with Crippen molar-refractivity contribution in [3.05, 3.63) is 35.4 Å². The fraction of sp³-hybridized carbons (Fsp3) is 0.167. The van der Waals surface area contributed by atoms with Gasteiger partial charge < -0.3 is 15.3 Å². The number of hydrogen-bond donors (Lipinski definition) is 2. The van der Waals surface area contributed by atoms with E-state index in [0.717, 1.165) is 11.8 Å². The van der Waals surface area contributed by atoms with Gasteiger partial charge in [-0.3, -0.25) is 0 Å². The Hall–Kier alpha value is -2.12. The number of aliphatic hydroxyl groups excluding tert-OH is 1. The number of nitrogens with zero attached hydrogens (tertiary/aromatic N) is 1. The van der Waals surface area contributed by atoms with Gasteiger partial charge in [-0.05, 0) is 23.8 Å². The Labute approximate surface area is 93.9 Å². The lowest BCUT2D eigenvalue weighted by Gasteiger charge is -2.03. The molecule has 0 atom stereocenters. The number of allylic oxidation sites excluding steroid dienone is 1. The molecule has 0 heterocycles. The van der Waals surface area contributed by atoms with E-state index in [4.69, 9.17) is 20.5 Å². The summed E-state index contributed by atoms with van der Waals surface area (Å²) in [6, 6.07) is 8.97. The molecule has 1 aromatic rings. The summed E-state index contributed by atoms with van der Waals surface area (Å²) in [5, 5.41) is 24.2. The van der Waals surface area contributed by atoms with Gasteiger partial charge in [-0.2, -0.15) is 5.26 Å². The predicted molar refractivity (Wildman–Crippen MR) is 61.4 cm³/mol. The molecule has 1 rings (SSSR count). The quantitative estimate of drug-likeness (QED) is 0.580. The monoisotopic (exact) mass is 216 g/mol. The number of aliphatic hydroxyl groups is 1. The molecule has 0 radical (unpaired) electrons. The van der Waals surface area contributed by atoms with E-state index in [2.05, 4.69) is 0 Å². The average Bonchev–Trinajstić information content (AvgIpc) is 2.35. The second kappa shape index (κ2) is 6.38. The first kappa shape index (κ1) is 12.0. The molecule has 0 spiro atoms. The van der Waals surface area contributed by atoms with E-state index in [1.165, 1.54) is 0 Å². The summed E-state index contributed by atoms with van der Waals surface area (Å²) in [5.41, 5.74) is 1.13. The molecule has 16 heavy (non-hydrogen) atoms. The molecule has 0 saturated heterocycles. The van der Waals surface area contributed by atoms with Crippen molar-refractivity contribution in [2.75, 3.05) is 13.2 Å². The largest absolute Gasteiger partial charge is 0.491 e. The highest BCUT2D eigenvalue weighted by Crippen LogP contribution is 2.13. The molecule has 2 N–H and O–H groups in total. The van der Waals surface area contributed by atoms with Crippen molar-refractivity contribution in [2.24, 2.45) is 0 Å². The van der Waals surface area contributed by atoms with Crippen molar-refractivity contribution >= 4 is 12.3 Å². The molecular weight excluding hydrogens is 204 g/mol. The summed E-state index contributed by atoms with van der Waals surface area (Å²) in [5.74, 6) is 0.666. The van der Waals surface area contributed by atoms with Crippen LogP contribution in [-0.2, 0) is 0 Å². The Morgan fingerprint density at radius 2 is 2.12 bits per heavy atom. The fourth-order valence-electron chi connectivity index (χ4n) is 1.11. The van der Waals surface area contributed by atoms with Crippen molar-refractivity contribution in [3.8, 4) is 11.8 Å². The molecule has 82 valence electrons. The lowest BCUT2D eigenvalue weighted by molar-refractivity contribution is 0.201. The number of ether oxygens (including phenoxy) is 1. The van der Waals surface area contributed by atoms with Gasteiger partial charge in [-0.1, -0.05) is 12.1 Å². The number of hydrogen-bond acceptors (Lipinski definition) is 4. The molecule has 0 amide bonds. The zero-order valence-electron chi connectivity index (χ0n) is 8.68. The van der Waals surface area contributed by atoms with E-state index in [1.54, 1.807) is 30.3 Å². The van der Waals surface area contributed by atoms with Gasteiger partial charge in [0, 0.05) is 6.21 Å². The summed E-state index contributed by atoms with van der Waals surface area (Å²) in [6.07, 6.45) is 2.62. The van der Waals surface area contributed by atoms with E-state index >= 15 is 0 Å². The van der Waals surface area contributed by atoms with Crippen molar-refractivity contribution in [3.63, 3.8) is 0 Å². The van der Waals surface area contributed by atoms with Gasteiger partial charge in [-0.25, -0.2) is 0 Å². The van der Waals surface area contributed by atoms with Gasteiger partial charge in [-0.15, -0.1) is 0 Å². The maximum absolute atomic E-state index is 8.64. The van der Waals surface area contributed by atoms with E-state index in [-0.39, 0.29) is 13.2 Å². The van der Waals surface area contributed by atoms with Crippen LogP contribution in [-0.4, -0.2) is 24.5 Å². The second-order valence-corrected chi connectivity index (χ2v) is 3.00. The third-order valence-electron chi connectivity index (χ3n) is 1.85. The average molecular weight is 216 g/mol. The molecule has 4 heteroatoms. The van der Waals surface area contributed by atoms with Gasteiger partial charge in [0.25, 0.3) is 0 Å². The van der Waals surface area contributed by atoms with Crippen LogP contribution in [0.1, 0.15) is 5.56 Å². The van der Waals surface area contributed by atoms with Crippen LogP contribution in [0.2, 0.25) is 0 Å². The van der Waals surface area contributed by atoms with Gasteiger partial charge in [0.2, 0.25) is 0 Å². The lowest BCUT2D eigenvalue weighted by atomic mass is 10.1. The molecule has 0 saturated carbocycles. The first-order valence-electron chi connectivity index (χ1n) is 4.76. The zero-order valence-corrected chi connectivity index (χ0v) is 8.68. The standard InChI is InChI=1S/C12H12N2O2/c13-8-11(9-14)7-10-1-3-12(4-2-10)16-6-5-15/h1-4,7-8,13,15H,5-6H2/b11-7-,13-8?. The van der Waals surface area contributed by atoms with Crippen LogP contribution in [0.15, 0.2) is 29.8 Å². The van der Waals surface area contributed by atoms with E-state index in [1.807, 2.05) is 6.07 Å². The Kier molecular flexibility index (Phi) is 4.77. The summed E-state index contributed by atoms with van der Waals surface area (Å²) in [6.45, 7) is 0.243. The molecule has 0 aliphatic carbocycles. The van der Waals surface area contributed by atoms with Crippen molar-refractivity contribution in [2.45, 2.75) is 0 Å². The second-order valence-electron chi connectivity index (χ2n) is 3.00. The summed E-state index contributed by atoms with van der Waals surface area (Å²) in [4.78, 5) is 0.